The van der Waals surface area contributed by atoms with Crippen LogP contribution in [0.1, 0.15) is 102 Å². The number of sulfonamides is 1. The van der Waals surface area contributed by atoms with Crippen molar-refractivity contribution in [2.75, 3.05) is 105 Å². The van der Waals surface area contributed by atoms with Crippen LogP contribution in [-0.2, 0) is 68.5 Å². The van der Waals surface area contributed by atoms with E-state index in [9.17, 15) is 70.4 Å². The molecule has 1 fully saturated rings. The molecule has 6 aromatic rings. The number of aliphatic carboxylic acids is 2. The Morgan fingerprint density at radius 3 is 1.98 bits per heavy atom. The molecule has 4 aromatic carbocycles. The summed E-state index contributed by atoms with van der Waals surface area (Å²) in [5.41, 5.74) is 1.89. The first-order chi connectivity index (χ1) is 53.1. The fourth-order valence-electron chi connectivity index (χ4n) is 11.6. The SMILES string of the molecule is CCCNC(=O)Nc1cccc(S(=O)(=O)Nc2cccc([C@@H](CC(=O)[O-])NC(=O)Nc3ccc(NC(=O)NCCOCCOCCOCCC(=O)N[C@@H](CC(=O)[O-])C(=O)N4CCC[C@H]4C(=O)N[C@H](C(=O)N=[S@](C)(=O)Cc4cc5nc(c4)OCCCCCCOc4cc(F)ccc4-c4cc(ncc4F)N5)C(C)C)cc3)c2)c1.[Na+].[Na+]. The number of benzene rings is 4. The van der Waals surface area contributed by atoms with Gasteiger partial charge in [0.05, 0.1) is 85.5 Å². The second-order valence-corrected chi connectivity index (χ2v) is 30.3. The van der Waals surface area contributed by atoms with E-state index in [1.807, 2.05) is 6.92 Å². The number of anilines is 6. The van der Waals surface area contributed by atoms with E-state index in [2.05, 4.69) is 66.9 Å². The number of nitrogens with zero attached hydrogens (tertiary/aromatic N) is 4. The summed E-state index contributed by atoms with van der Waals surface area (Å²) in [7, 11) is -7.63. The van der Waals surface area contributed by atoms with Gasteiger partial charge in [-0.05, 0) is 141 Å². The molecule has 0 spiro atoms. The molecule has 113 heavy (non-hydrogen) atoms. The topological polar surface area (TPSA) is 459 Å². The van der Waals surface area contributed by atoms with E-state index >= 15 is 4.39 Å². The van der Waals surface area contributed by atoms with Crippen LogP contribution in [0.4, 0.5) is 57.5 Å². The van der Waals surface area contributed by atoms with Gasteiger partial charge in [-0.25, -0.2) is 40.8 Å². The molecular weight excluding hydrogens is 1540 g/mol. The number of ether oxygens (including phenoxy) is 5. The van der Waals surface area contributed by atoms with Gasteiger partial charge >= 0.3 is 77.2 Å². The molecule has 2 aliphatic rings. The Labute approximate surface area is 697 Å². The summed E-state index contributed by atoms with van der Waals surface area (Å²) in [6.45, 7) is 6.60. The molecule has 0 aliphatic carbocycles. The van der Waals surface area contributed by atoms with E-state index in [1.165, 1.54) is 109 Å². The summed E-state index contributed by atoms with van der Waals surface area (Å²) in [6.07, 6.45) is 4.29. The zero-order valence-corrected chi connectivity index (χ0v) is 69.2. The summed E-state index contributed by atoms with van der Waals surface area (Å²) in [4.78, 5) is 126. The van der Waals surface area contributed by atoms with Crippen LogP contribution in [0.25, 0.3) is 11.1 Å². The Morgan fingerprint density at radius 2 is 1.30 bits per heavy atom. The molecule has 2 aromatic heterocycles. The van der Waals surface area contributed by atoms with Gasteiger partial charge in [0.15, 0.2) is 0 Å². The minimum absolute atomic E-state index is 0. The number of urea groups is 3. The Balaban J connectivity index is 0.00000995. The van der Waals surface area contributed by atoms with Gasteiger partial charge in [-0.15, -0.1) is 0 Å². The summed E-state index contributed by atoms with van der Waals surface area (Å²) in [5.74, 6) is -7.99. The zero-order valence-electron chi connectivity index (χ0n) is 63.5. The van der Waals surface area contributed by atoms with E-state index in [0.29, 0.717) is 49.0 Å². The Kier molecular flexibility index (Phi) is 38.0. The van der Waals surface area contributed by atoms with Crippen LogP contribution in [0.2, 0.25) is 0 Å². The number of hydrogen-bond acceptors (Lipinski definition) is 22. The molecule has 1 saturated heterocycles. The monoisotopic (exact) mass is 1630 g/mol. The van der Waals surface area contributed by atoms with Crippen LogP contribution in [0.3, 0.4) is 0 Å². The first kappa shape index (κ1) is 92.7. The van der Waals surface area contributed by atoms with Crippen molar-refractivity contribution in [2.24, 2.45) is 10.3 Å². The van der Waals surface area contributed by atoms with Crippen LogP contribution >= 0.6 is 0 Å². The number of rotatable bonds is 34. The fourth-order valence-corrected chi connectivity index (χ4v) is 14.0. The third-order valence-corrected chi connectivity index (χ3v) is 19.7. The number of carbonyl (C=O) groups excluding carboxylic acids is 9. The predicted molar refractivity (Wildman–Crippen MR) is 401 cm³/mol. The maximum absolute atomic E-state index is 15.4. The number of amides is 10. The minimum atomic E-state index is -4.21. The number of halogens is 2. The van der Waals surface area contributed by atoms with Crippen LogP contribution in [0.5, 0.6) is 11.6 Å². The van der Waals surface area contributed by atoms with Gasteiger partial charge in [0.25, 0.3) is 15.9 Å². The van der Waals surface area contributed by atoms with Crippen molar-refractivity contribution in [1.82, 2.24) is 41.5 Å². The number of carboxylic acid groups (broad SMARTS) is 2. The largest absolute Gasteiger partial charge is 1.00 e. The molecule has 5 atom stereocenters. The number of pyridine rings is 2. The molecule has 4 heterocycles. The molecule has 0 unspecified atom stereocenters. The number of aromatic nitrogens is 2. The van der Waals surface area contributed by atoms with E-state index in [0.717, 1.165) is 23.9 Å². The van der Waals surface area contributed by atoms with E-state index in [1.54, 1.807) is 19.9 Å². The third-order valence-electron chi connectivity index (χ3n) is 16.8. The zero-order chi connectivity index (χ0) is 80.0. The van der Waals surface area contributed by atoms with Crippen molar-refractivity contribution in [1.29, 1.82) is 0 Å². The molecule has 10 amide bonds. The minimum Gasteiger partial charge on any atom is -0.550 e. The average Bonchev–Trinajstić information content (AvgIpc) is 0.915. The Morgan fingerprint density at radius 1 is 0.664 bits per heavy atom. The summed E-state index contributed by atoms with van der Waals surface area (Å²) in [6, 6.07) is 18.4. The van der Waals surface area contributed by atoms with Crippen molar-refractivity contribution in [3.8, 4) is 22.8 Å². The first-order valence-corrected chi connectivity index (χ1v) is 39.4. The van der Waals surface area contributed by atoms with Crippen molar-refractivity contribution >= 4 is 108 Å². The van der Waals surface area contributed by atoms with Gasteiger partial charge in [0.2, 0.25) is 23.6 Å². The number of hydrogen-bond donors (Lipinski definition) is 10. The predicted octanol–water partition coefficient (Wildman–Crippen LogP) is -0.0173. The van der Waals surface area contributed by atoms with Crippen molar-refractivity contribution in [3.05, 3.63) is 138 Å². The molecule has 0 radical (unpaired) electrons. The van der Waals surface area contributed by atoms with Gasteiger partial charge in [-0.1, -0.05) is 39.0 Å². The maximum atomic E-state index is 15.4. The average molecular weight is 1630 g/mol. The molecule has 33 nitrogen and oxygen atoms in total. The number of nitrogens with one attached hydrogen (secondary N) is 10. The molecule has 2 aliphatic heterocycles. The number of carbonyl (C=O) groups is 9. The van der Waals surface area contributed by atoms with Gasteiger partial charge in [0.1, 0.15) is 47.1 Å². The second-order valence-electron chi connectivity index (χ2n) is 26.2. The number of fused-ring (bicyclic) bond motifs is 6. The summed E-state index contributed by atoms with van der Waals surface area (Å²) in [5, 5.41) is 47.4. The second kappa shape index (κ2) is 46.3. The Hall–Kier alpha value is -9.15. The third kappa shape index (κ3) is 30.9. The molecule has 4 bridgehead atoms. The molecule has 598 valence electrons. The van der Waals surface area contributed by atoms with Crippen molar-refractivity contribution in [2.45, 2.75) is 120 Å². The van der Waals surface area contributed by atoms with Crippen LogP contribution in [0.15, 0.2) is 125 Å². The standard InChI is InChI=1S/C74H92F2N14O19S2.2Na/c1-5-25-77-72(99)82-52-14-11-16-54(40-52)111(103,104)88-53-15-10-13-48(38-53)58(42-66(92)93)84-74(101)81-51-21-19-50(20-22-51)80-73(100)78-26-31-106-33-35-107-34-32-105-30-24-64(91)83-59(43-67(94)95)71(98)90-27-12-17-60(90)69(96)87-68(46(2)3)70(97)89-110(4,102)45-47-36-63-85-62-41-56(57(76)44-79-62)55-23-18-49(75)39-61(55)108-28-8-6-7-9-29-109-65(37-47)86-63;;/h10-11,13-16,18-23,36-41,44,46,58-60,68,88H,5-9,12,17,24-35,42-43,45H2,1-4H3,(H,83,91)(H,87,96)(H,92,93)(H,94,95)(H2,77,82,99)(H2,78,80,100)(H,79,85,86)(H2,81,84,101);;/q;2*+1/p-2/t58-,59+,60+,68+,110-;;/m1../s1. The molecule has 8 rings (SSSR count). The smallest absolute Gasteiger partial charge is 0.550 e. The van der Waals surface area contributed by atoms with E-state index < -0.39 is 128 Å². The molecule has 0 saturated carbocycles. The van der Waals surface area contributed by atoms with E-state index in [-0.39, 0.29) is 200 Å². The van der Waals surface area contributed by atoms with Crippen LogP contribution in [0, 0.1) is 17.6 Å². The Bertz CT molecular complexity index is 4530. The molecule has 39 heteroatoms. The van der Waals surface area contributed by atoms with Gasteiger partial charge in [-0.3, -0.25) is 23.9 Å². The van der Waals surface area contributed by atoms with Crippen molar-refractivity contribution in [3.63, 3.8) is 0 Å². The van der Waals surface area contributed by atoms with Crippen LogP contribution in [-0.4, -0.2) is 178 Å². The van der Waals surface area contributed by atoms with Gasteiger partial charge in [0, 0.05) is 103 Å². The van der Waals surface area contributed by atoms with Gasteiger partial charge in [-0.2, -0.15) is 9.35 Å². The van der Waals surface area contributed by atoms with Crippen molar-refractivity contribution < 1.29 is 158 Å². The number of likely N-dealkylation sites (tertiary alicyclic amines) is 1. The first-order valence-electron chi connectivity index (χ1n) is 35.9. The quantitative estimate of drug-likeness (QED) is 0.0187. The van der Waals surface area contributed by atoms with E-state index in [4.69, 9.17) is 23.7 Å². The normalized spacial score (nSPS) is 14.7. The molecular formula is C74H90F2N14Na2O19S2. The number of carboxylic acids is 2. The fraction of sp³-hybridized carbons (Fsp3) is 0.419. The molecule has 10 N–H and O–H groups in total. The maximum Gasteiger partial charge on any atom is 1.00 e. The summed E-state index contributed by atoms with van der Waals surface area (Å²) < 4.78 is 106. The van der Waals surface area contributed by atoms with Gasteiger partial charge < -0.3 is 96.2 Å². The summed E-state index contributed by atoms with van der Waals surface area (Å²) >= 11 is 0. The van der Waals surface area contributed by atoms with Crippen LogP contribution < -0.4 is 131 Å².